The molecule has 0 aromatic heterocycles. The van der Waals surface area contributed by atoms with Gasteiger partial charge in [-0.1, -0.05) is 30.3 Å². The summed E-state index contributed by atoms with van der Waals surface area (Å²) in [5, 5.41) is 0. The molecule has 5 heteroatoms. The van der Waals surface area contributed by atoms with E-state index < -0.39 is 0 Å². The van der Waals surface area contributed by atoms with Gasteiger partial charge in [0.25, 0.3) is 0 Å². The molecule has 1 atom stereocenters. The third kappa shape index (κ3) is 5.36. The van der Waals surface area contributed by atoms with E-state index in [-0.39, 0.29) is 30.1 Å². The molecule has 1 aromatic carbocycles. The molecular weight excluding hydrogens is 329 g/mol. The number of nitrogens with zero attached hydrogens (tertiary/aromatic N) is 2. The lowest BCUT2D eigenvalue weighted by atomic mass is 10.1. The second-order valence-electron chi connectivity index (χ2n) is 3.73. The molecule has 0 amide bonds. The van der Waals surface area contributed by atoms with Gasteiger partial charge in [0.1, 0.15) is 6.10 Å². The molecule has 0 aliphatic carbocycles. The van der Waals surface area contributed by atoms with Gasteiger partial charge in [0.15, 0.2) is 5.96 Å². The second-order valence-corrected chi connectivity index (χ2v) is 3.73. The minimum absolute atomic E-state index is 0. The summed E-state index contributed by atoms with van der Waals surface area (Å²) in [5.74, 6) is 0.512. The maximum absolute atomic E-state index is 5.72. The third-order valence-corrected chi connectivity index (χ3v) is 2.33. The zero-order chi connectivity index (χ0) is 12.0. The van der Waals surface area contributed by atoms with E-state index in [2.05, 4.69) is 4.99 Å². The molecule has 0 bridgehead atoms. The maximum Gasteiger partial charge on any atom is 0.190 e. The lowest BCUT2D eigenvalue weighted by Crippen LogP contribution is -2.31. The Morgan fingerprint density at radius 2 is 1.94 bits per heavy atom. The van der Waals surface area contributed by atoms with Gasteiger partial charge in [-0.25, -0.2) is 0 Å². The molecule has 0 heterocycles. The molecule has 1 rings (SSSR count). The molecule has 4 nitrogen and oxygen atoms in total. The molecule has 0 fully saturated rings. The van der Waals surface area contributed by atoms with Crippen molar-refractivity contribution < 1.29 is 4.74 Å². The van der Waals surface area contributed by atoms with Crippen molar-refractivity contribution >= 4 is 29.9 Å². The predicted molar refractivity (Wildman–Crippen MR) is 81.8 cm³/mol. The molecule has 0 aliphatic rings. The fourth-order valence-electron chi connectivity index (χ4n) is 1.30. The predicted octanol–water partition coefficient (Wildman–Crippen LogP) is 1.87. The highest BCUT2D eigenvalue weighted by Gasteiger charge is 2.09. The van der Waals surface area contributed by atoms with Crippen molar-refractivity contribution in [1.82, 2.24) is 4.90 Å². The molecule has 0 radical (unpaired) electrons. The van der Waals surface area contributed by atoms with Crippen LogP contribution in [0.25, 0.3) is 0 Å². The van der Waals surface area contributed by atoms with Crippen molar-refractivity contribution in [2.24, 2.45) is 10.7 Å². The van der Waals surface area contributed by atoms with Crippen molar-refractivity contribution in [3.05, 3.63) is 35.9 Å². The largest absolute Gasteiger partial charge is 0.375 e. The summed E-state index contributed by atoms with van der Waals surface area (Å²) in [6, 6.07) is 10.00. The van der Waals surface area contributed by atoms with E-state index in [1.54, 1.807) is 12.0 Å². The normalized spacial score (nSPS) is 12.8. The van der Waals surface area contributed by atoms with Crippen LogP contribution in [0.4, 0.5) is 0 Å². The Morgan fingerprint density at radius 1 is 1.35 bits per heavy atom. The number of aliphatic imine (C=N–C) groups is 1. The van der Waals surface area contributed by atoms with Crippen LogP contribution >= 0.6 is 24.0 Å². The molecule has 0 aliphatic heterocycles. The van der Waals surface area contributed by atoms with E-state index in [0.717, 1.165) is 5.56 Å². The van der Waals surface area contributed by atoms with E-state index in [4.69, 9.17) is 10.5 Å². The number of ether oxygens (including phenoxy) is 1. The van der Waals surface area contributed by atoms with Gasteiger partial charge in [-0.15, -0.1) is 24.0 Å². The Morgan fingerprint density at radius 3 is 2.41 bits per heavy atom. The minimum Gasteiger partial charge on any atom is -0.375 e. The molecule has 0 spiro atoms. The Kier molecular flexibility index (Phi) is 7.90. The van der Waals surface area contributed by atoms with Crippen LogP contribution in [-0.4, -0.2) is 38.6 Å². The highest BCUT2D eigenvalue weighted by atomic mass is 127. The molecule has 0 saturated heterocycles. The van der Waals surface area contributed by atoms with Crippen LogP contribution < -0.4 is 5.73 Å². The van der Waals surface area contributed by atoms with Crippen LogP contribution in [0.2, 0.25) is 0 Å². The van der Waals surface area contributed by atoms with Crippen molar-refractivity contribution in [2.75, 3.05) is 27.7 Å². The van der Waals surface area contributed by atoms with E-state index in [1.807, 2.05) is 44.4 Å². The minimum atomic E-state index is -0.0419. The summed E-state index contributed by atoms with van der Waals surface area (Å²) < 4.78 is 5.39. The molecule has 2 N–H and O–H groups in total. The smallest absolute Gasteiger partial charge is 0.190 e. The first-order valence-electron chi connectivity index (χ1n) is 5.20. The number of guanidine groups is 1. The van der Waals surface area contributed by atoms with Gasteiger partial charge in [-0.2, -0.15) is 0 Å². The zero-order valence-corrected chi connectivity index (χ0v) is 12.8. The van der Waals surface area contributed by atoms with E-state index in [0.29, 0.717) is 12.5 Å². The summed E-state index contributed by atoms with van der Waals surface area (Å²) in [6.07, 6.45) is -0.0419. The fourth-order valence-corrected chi connectivity index (χ4v) is 1.30. The number of nitrogens with two attached hydrogens (primary N) is 1. The summed E-state index contributed by atoms with van der Waals surface area (Å²) in [6.45, 7) is 0.532. The second kappa shape index (κ2) is 8.30. The summed E-state index contributed by atoms with van der Waals surface area (Å²) in [4.78, 5) is 6.04. The monoisotopic (exact) mass is 349 g/mol. The van der Waals surface area contributed by atoms with Gasteiger partial charge < -0.3 is 15.4 Å². The van der Waals surface area contributed by atoms with Crippen LogP contribution in [0.1, 0.15) is 11.7 Å². The van der Waals surface area contributed by atoms with Crippen LogP contribution in [-0.2, 0) is 4.74 Å². The van der Waals surface area contributed by atoms with Crippen molar-refractivity contribution in [2.45, 2.75) is 6.10 Å². The third-order valence-electron chi connectivity index (χ3n) is 2.33. The van der Waals surface area contributed by atoms with Crippen LogP contribution in [0.15, 0.2) is 35.3 Å². The topological polar surface area (TPSA) is 50.9 Å². The van der Waals surface area contributed by atoms with E-state index in [1.165, 1.54) is 0 Å². The number of hydrogen-bond acceptors (Lipinski definition) is 2. The van der Waals surface area contributed by atoms with Gasteiger partial charge in [0, 0.05) is 21.2 Å². The number of halogens is 1. The van der Waals surface area contributed by atoms with Gasteiger partial charge in [0.05, 0.1) is 6.54 Å². The van der Waals surface area contributed by atoms with E-state index >= 15 is 0 Å². The standard InChI is InChI=1S/C12H19N3O.HI/c1-15(2)12(13)14-9-11(16-3)10-7-5-4-6-8-10;/h4-8,11H,9H2,1-3H3,(H2,13,14);1H. The quantitative estimate of drug-likeness (QED) is 0.513. The first kappa shape index (κ1) is 16.2. The van der Waals surface area contributed by atoms with Crippen LogP contribution in [0.5, 0.6) is 0 Å². The number of rotatable bonds is 4. The number of hydrogen-bond donors (Lipinski definition) is 1. The summed E-state index contributed by atoms with van der Waals surface area (Å²) >= 11 is 0. The molecular formula is C12H20IN3O. The highest BCUT2D eigenvalue weighted by Crippen LogP contribution is 2.16. The average Bonchev–Trinajstić information content (AvgIpc) is 2.30. The van der Waals surface area contributed by atoms with Crippen LogP contribution in [0, 0.1) is 0 Å². The first-order valence-corrected chi connectivity index (χ1v) is 5.20. The Hall–Kier alpha value is -0.820. The number of benzene rings is 1. The lowest BCUT2D eigenvalue weighted by Gasteiger charge is -2.15. The average molecular weight is 349 g/mol. The zero-order valence-electron chi connectivity index (χ0n) is 10.5. The van der Waals surface area contributed by atoms with Gasteiger partial charge >= 0.3 is 0 Å². The van der Waals surface area contributed by atoms with Crippen molar-refractivity contribution in [3.63, 3.8) is 0 Å². The molecule has 96 valence electrons. The first-order chi connectivity index (χ1) is 7.65. The maximum atomic E-state index is 5.72. The number of methoxy groups -OCH3 is 1. The lowest BCUT2D eigenvalue weighted by molar-refractivity contribution is 0.111. The van der Waals surface area contributed by atoms with Gasteiger partial charge in [0.2, 0.25) is 0 Å². The Labute approximate surface area is 120 Å². The van der Waals surface area contributed by atoms with Gasteiger partial charge in [-0.05, 0) is 5.56 Å². The molecule has 17 heavy (non-hydrogen) atoms. The Bertz CT molecular complexity index is 341. The fraction of sp³-hybridized carbons (Fsp3) is 0.417. The molecule has 1 unspecified atom stereocenters. The summed E-state index contributed by atoms with van der Waals surface area (Å²) in [5.41, 5.74) is 6.83. The Balaban J connectivity index is 0.00000256. The molecule has 1 aromatic rings. The van der Waals surface area contributed by atoms with E-state index in [9.17, 15) is 0 Å². The van der Waals surface area contributed by atoms with Crippen molar-refractivity contribution in [3.8, 4) is 0 Å². The van der Waals surface area contributed by atoms with Crippen molar-refractivity contribution in [1.29, 1.82) is 0 Å². The van der Waals surface area contributed by atoms with Crippen LogP contribution in [0.3, 0.4) is 0 Å². The molecule has 0 saturated carbocycles. The van der Waals surface area contributed by atoms with Gasteiger partial charge in [-0.3, -0.25) is 4.99 Å². The summed E-state index contributed by atoms with van der Waals surface area (Å²) in [7, 11) is 5.41. The SMILES string of the molecule is COC(CN=C(N)N(C)C)c1ccccc1.I. The highest BCUT2D eigenvalue weighted by molar-refractivity contribution is 14.0.